The van der Waals surface area contributed by atoms with Gasteiger partial charge < -0.3 is 10.2 Å². The summed E-state index contributed by atoms with van der Waals surface area (Å²) in [4.78, 5) is 18.1. The second kappa shape index (κ2) is 6.81. The maximum Gasteiger partial charge on any atom is 0.317 e. The molecule has 1 fully saturated rings. The van der Waals surface area contributed by atoms with Crippen molar-refractivity contribution in [1.29, 1.82) is 0 Å². The molecule has 2 heterocycles. The van der Waals surface area contributed by atoms with Crippen molar-refractivity contribution in [2.45, 2.75) is 32.7 Å². The second-order valence-electron chi connectivity index (χ2n) is 6.18. The number of hydrogen-bond acceptors (Lipinski definition) is 3. The minimum atomic E-state index is 0.0115. The number of aromatic nitrogens is 3. The summed E-state index contributed by atoms with van der Waals surface area (Å²) in [6.45, 7) is 7.07. The van der Waals surface area contributed by atoms with Crippen LogP contribution < -0.4 is 5.32 Å². The molecule has 0 bridgehead atoms. The minimum absolute atomic E-state index is 0.0115. The molecular weight excluding hydrogens is 290 g/mol. The first kappa shape index (κ1) is 15.5. The number of rotatable bonds is 4. The molecule has 0 radical (unpaired) electrons. The Morgan fingerprint density at radius 3 is 3.00 bits per heavy atom. The predicted molar refractivity (Wildman–Crippen MR) is 88.3 cm³/mol. The smallest absolute Gasteiger partial charge is 0.317 e. The molecule has 0 unspecified atom stereocenters. The van der Waals surface area contributed by atoms with Gasteiger partial charge in [-0.3, -0.25) is 4.68 Å². The fraction of sp³-hybridized carbons (Fsp3) is 0.471. The summed E-state index contributed by atoms with van der Waals surface area (Å²) >= 11 is 0. The number of hydrogen-bond donors (Lipinski definition) is 1. The molecule has 1 saturated heterocycles. The van der Waals surface area contributed by atoms with Crippen LogP contribution >= 0.6 is 0 Å². The monoisotopic (exact) mass is 313 g/mol. The molecule has 0 aliphatic carbocycles. The highest BCUT2D eigenvalue weighted by atomic mass is 16.2. The Balaban J connectivity index is 1.51. The van der Waals surface area contributed by atoms with E-state index in [4.69, 9.17) is 0 Å². The first-order chi connectivity index (χ1) is 11.1. The van der Waals surface area contributed by atoms with Crippen LogP contribution in [0, 0.1) is 13.8 Å². The van der Waals surface area contributed by atoms with Crippen LogP contribution in [0.1, 0.15) is 29.0 Å². The summed E-state index contributed by atoms with van der Waals surface area (Å²) in [5.41, 5.74) is 3.98. The first-order valence-electron chi connectivity index (χ1n) is 8.06. The Morgan fingerprint density at radius 1 is 1.39 bits per heavy atom. The Hall–Kier alpha value is -2.37. The van der Waals surface area contributed by atoms with Crippen molar-refractivity contribution in [2.75, 3.05) is 19.6 Å². The average Bonchev–Trinajstić information content (AvgIpc) is 3.18. The molecule has 1 aliphatic rings. The molecule has 0 saturated carbocycles. The van der Waals surface area contributed by atoms with Crippen LogP contribution in [0.25, 0.3) is 0 Å². The van der Waals surface area contributed by atoms with E-state index in [1.807, 2.05) is 4.90 Å². The largest absolute Gasteiger partial charge is 0.336 e. The maximum absolute atomic E-state index is 12.3. The minimum Gasteiger partial charge on any atom is -0.336 e. The van der Waals surface area contributed by atoms with E-state index in [1.54, 1.807) is 11.0 Å². The van der Waals surface area contributed by atoms with Gasteiger partial charge in [-0.2, -0.15) is 5.10 Å². The Morgan fingerprint density at radius 2 is 2.26 bits per heavy atom. The van der Waals surface area contributed by atoms with Crippen molar-refractivity contribution < 1.29 is 4.79 Å². The lowest BCUT2D eigenvalue weighted by molar-refractivity contribution is 0.207. The van der Waals surface area contributed by atoms with Gasteiger partial charge in [0.15, 0.2) is 0 Å². The molecule has 6 nitrogen and oxygen atoms in total. The fourth-order valence-corrected chi connectivity index (χ4v) is 3.22. The topological polar surface area (TPSA) is 63.1 Å². The van der Waals surface area contributed by atoms with Gasteiger partial charge in [0.1, 0.15) is 12.7 Å². The van der Waals surface area contributed by atoms with Gasteiger partial charge in [-0.05, 0) is 31.4 Å². The molecule has 1 N–H and O–H groups in total. The molecule has 1 aliphatic heterocycles. The molecule has 0 spiro atoms. The lowest BCUT2D eigenvalue weighted by atomic mass is 9.93. The highest BCUT2D eigenvalue weighted by molar-refractivity contribution is 5.74. The summed E-state index contributed by atoms with van der Waals surface area (Å²) in [5, 5.41) is 6.98. The van der Waals surface area contributed by atoms with Crippen LogP contribution in [0.3, 0.4) is 0 Å². The molecule has 23 heavy (non-hydrogen) atoms. The highest BCUT2D eigenvalue weighted by Gasteiger charge is 2.27. The number of amides is 2. The van der Waals surface area contributed by atoms with Crippen molar-refractivity contribution in [2.24, 2.45) is 0 Å². The highest BCUT2D eigenvalue weighted by Crippen LogP contribution is 2.29. The van der Waals surface area contributed by atoms with Crippen molar-refractivity contribution in [3.05, 3.63) is 47.5 Å². The number of nitrogens with zero attached hydrogens (tertiary/aromatic N) is 4. The van der Waals surface area contributed by atoms with Gasteiger partial charge >= 0.3 is 6.03 Å². The van der Waals surface area contributed by atoms with E-state index in [0.717, 1.165) is 19.5 Å². The molecule has 1 atom stereocenters. The molecular formula is C17H23N5O. The standard InChI is InChI=1S/C17H23N5O/c1-13-3-4-16(14(2)9-13)15-5-7-21(10-15)17(23)19-6-8-22-12-18-11-20-22/h3-4,9,11-12,15H,5-8,10H2,1-2H3,(H,19,23)/t15-/m1/s1. The van der Waals surface area contributed by atoms with E-state index in [1.165, 1.54) is 23.0 Å². The van der Waals surface area contributed by atoms with Gasteiger partial charge in [-0.1, -0.05) is 23.8 Å². The van der Waals surface area contributed by atoms with Crippen molar-refractivity contribution in [3.8, 4) is 0 Å². The van der Waals surface area contributed by atoms with Crippen LogP contribution in [0.2, 0.25) is 0 Å². The number of carbonyl (C=O) groups excluding carboxylic acids is 1. The first-order valence-corrected chi connectivity index (χ1v) is 8.06. The van der Waals surface area contributed by atoms with Crippen LogP contribution in [-0.4, -0.2) is 45.3 Å². The van der Waals surface area contributed by atoms with Gasteiger partial charge in [-0.15, -0.1) is 0 Å². The molecule has 1 aromatic carbocycles. The molecule has 122 valence electrons. The zero-order chi connectivity index (χ0) is 16.2. The Kier molecular flexibility index (Phi) is 4.60. The third kappa shape index (κ3) is 3.70. The Labute approximate surface area is 136 Å². The van der Waals surface area contributed by atoms with E-state index in [0.29, 0.717) is 19.0 Å². The molecule has 2 aromatic rings. The lowest BCUT2D eigenvalue weighted by Crippen LogP contribution is -2.39. The van der Waals surface area contributed by atoms with Gasteiger partial charge in [-0.25, -0.2) is 9.78 Å². The Bertz CT molecular complexity index is 668. The summed E-state index contributed by atoms with van der Waals surface area (Å²) in [6.07, 6.45) is 4.18. The zero-order valence-corrected chi connectivity index (χ0v) is 13.7. The SMILES string of the molecule is Cc1ccc([C@@H]2CCN(C(=O)NCCn3cncn3)C2)c(C)c1. The third-order valence-electron chi connectivity index (χ3n) is 4.42. The number of nitrogens with one attached hydrogen (secondary N) is 1. The second-order valence-corrected chi connectivity index (χ2v) is 6.18. The summed E-state index contributed by atoms with van der Waals surface area (Å²) in [5.74, 6) is 0.441. The number of benzene rings is 1. The molecule has 6 heteroatoms. The van der Waals surface area contributed by atoms with Gasteiger partial charge in [0.05, 0.1) is 6.54 Å². The van der Waals surface area contributed by atoms with Crippen molar-refractivity contribution in [3.63, 3.8) is 0 Å². The van der Waals surface area contributed by atoms with E-state index in [2.05, 4.69) is 47.4 Å². The molecule has 2 amide bonds. The van der Waals surface area contributed by atoms with Crippen molar-refractivity contribution in [1.82, 2.24) is 25.0 Å². The quantitative estimate of drug-likeness (QED) is 0.940. The lowest BCUT2D eigenvalue weighted by Gasteiger charge is -2.18. The summed E-state index contributed by atoms with van der Waals surface area (Å²) in [7, 11) is 0. The maximum atomic E-state index is 12.3. The van der Waals surface area contributed by atoms with E-state index >= 15 is 0 Å². The third-order valence-corrected chi connectivity index (χ3v) is 4.42. The molecule has 1 aromatic heterocycles. The average molecular weight is 313 g/mol. The van der Waals surface area contributed by atoms with Crippen molar-refractivity contribution >= 4 is 6.03 Å². The van der Waals surface area contributed by atoms with Gasteiger partial charge in [0.2, 0.25) is 0 Å². The number of aryl methyl sites for hydroxylation is 2. The van der Waals surface area contributed by atoms with Gasteiger partial charge in [0.25, 0.3) is 0 Å². The van der Waals surface area contributed by atoms with E-state index in [9.17, 15) is 4.79 Å². The van der Waals surface area contributed by atoms with Gasteiger partial charge in [0, 0.05) is 25.6 Å². The van der Waals surface area contributed by atoms with Crippen LogP contribution in [0.5, 0.6) is 0 Å². The summed E-state index contributed by atoms with van der Waals surface area (Å²) in [6, 6.07) is 6.60. The number of urea groups is 1. The van der Waals surface area contributed by atoms with Crippen LogP contribution in [-0.2, 0) is 6.54 Å². The van der Waals surface area contributed by atoms with E-state index in [-0.39, 0.29) is 6.03 Å². The van der Waals surface area contributed by atoms with E-state index < -0.39 is 0 Å². The zero-order valence-electron chi connectivity index (χ0n) is 13.7. The number of likely N-dealkylation sites (tertiary alicyclic amines) is 1. The molecule has 3 rings (SSSR count). The normalized spacial score (nSPS) is 17.5. The number of carbonyl (C=O) groups is 1. The fourth-order valence-electron chi connectivity index (χ4n) is 3.22. The van der Waals surface area contributed by atoms with Crippen LogP contribution in [0.4, 0.5) is 4.79 Å². The summed E-state index contributed by atoms with van der Waals surface area (Å²) < 4.78 is 1.71. The predicted octanol–water partition coefficient (Wildman–Crippen LogP) is 2.09. The van der Waals surface area contributed by atoms with Crippen LogP contribution in [0.15, 0.2) is 30.9 Å².